The predicted molar refractivity (Wildman–Crippen MR) is 82.6 cm³/mol. The number of hydrogen-bond donors (Lipinski definition) is 5. The second-order valence-electron chi connectivity index (χ2n) is 5.33. The fourth-order valence-electron chi connectivity index (χ4n) is 2.57. The van der Waals surface area contributed by atoms with Gasteiger partial charge in [-0.05, 0) is 6.42 Å². The molecule has 3 rings (SSSR count). The number of nitrogens with zero attached hydrogens (tertiary/aromatic N) is 4. The van der Waals surface area contributed by atoms with Crippen LogP contribution in [0, 0.1) is 5.41 Å². The van der Waals surface area contributed by atoms with Gasteiger partial charge in [-0.2, -0.15) is 0 Å². The van der Waals surface area contributed by atoms with Gasteiger partial charge in [0.15, 0.2) is 11.5 Å². The topological polar surface area (TPSA) is 170 Å². The number of carbonyl (C=O) groups excluding carboxylic acids is 1. The smallest absolute Gasteiger partial charge is 0.257 e. The van der Waals surface area contributed by atoms with Crippen molar-refractivity contribution in [1.29, 1.82) is 5.41 Å². The van der Waals surface area contributed by atoms with Gasteiger partial charge in [-0.1, -0.05) is 5.16 Å². The Morgan fingerprint density at radius 2 is 2.30 bits per heavy atom. The Balaban J connectivity index is 2.03. The third-order valence-corrected chi connectivity index (χ3v) is 3.72. The van der Waals surface area contributed by atoms with Crippen LogP contribution in [-0.2, 0) is 0 Å². The second kappa shape index (κ2) is 5.65. The molecule has 1 aliphatic heterocycles. The van der Waals surface area contributed by atoms with Crippen molar-refractivity contribution in [3.63, 3.8) is 0 Å². The number of fused-ring (bicyclic) bond motifs is 1. The highest BCUT2D eigenvalue weighted by molar-refractivity contribution is 6.45. The van der Waals surface area contributed by atoms with Crippen LogP contribution in [0.5, 0.6) is 0 Å². The first kappa shape index (κ1) is 14.9. The summed E-state index contributed by atoms with van der Waals surface area (Å²) in [6.07, 6.45) is 3.68. The largest absolute Gasteiger partial charge is 0.410 e. The number of likely N-dealkylation sites (tertiary alicyclic amines) is 1. The summed E-state index contributed by atoms with van der Waals surface area (Å²) in [5.74, 6) is -0.563. The van der Waals surface area contributed by atoms with Crippen molar-refractivity contribution in [3.05, 3.63) is 23.8 Å². The van der Waals surface area contributed by atoms with E-state index in [0.29, 0.717) is 29.7 Å². The third-order valence-electron chi connectivity index (χ3n) is 3.72. The lowest BCUT2D eigenvalue weighted by Crippen LogP contribution is -2.32. The predicted octanol–water partition coefficient (Wildman–Crippen LogP) is -0.755. The summed E-state index contributed by atoms with van der Waals surface area (Å²) < 4.78 is 0. The lowest BCUT2D eigenvalue weighted by Gasteiger charge is -2.15. The number of pyridine rings is 1. The summed E-state index contributed by atoms with van der Waals surface area (Å²) in [5, 5.41) is 19.3. The van der Waals surface area contributed by atoms with Crippen LogP contribution in [0.3, 0.4) is 0 Å². The Hall–Kier alpha value is -3.01. The van der Waals surface area contributed by atoms with Gasteiger partial charge >= 0.3 is 0 Å². The van der Waals surface area contributed by atoms with Crippen molar-refractivity contribution in [1.82, 2.24) is 19.9 Å². The van der Waals surface area contributed by atoms with E-state index in [9.17, 15) is 4.79 Å². The molecule has 0 aromatic carbocycles. The van der Waals surface area contributed by atoms with Crippen LogP contribution >= 0.6 is 0 Å². The number of nitrogens with two attached hydrogens (primary N) is 2. The van der Waals surface area contributed by atoms with Crippen molar-refractivity contribution >= 4 is 28.5 Å². The van der Waals surface area contributed by atoms with E-state index in [-0.39, 0.29) is 23.5 Å². The van der Waals surface area contributed by atoms with Crippen LogP contribution in [0.1, 0.15) is 22.6 Å². The standard InChI is InChI=1S/C13H16N8O2/c14-6-1-2-21(5-6)13(22)7-3-17-4-8-9(7)19-12(18-8)10(20-23)11(15)16/h3-4,6,23H,1-2,5,14H2,(H3,15,16)(H,18,19)/b20-10+. The van der Waals surface area contributed by atoms with E-state index >= 15 is 0 Å². The average Bonchev–Trinajstić information content (AvgIpc) is 3.12. The number of carbonyl (C=O) groups is 1. The number of hydrogen-bond acceptors (Lipinski definition) is 7. The van der Waals surface area contributed by atoms with Crippen molar-refractivity contribution in [3.8, 4) is 0 Å². The van der Waals surface area contributed by atoms with Crippen molar-refractivity contribution in [2.45, 2.75) is 12.5 Å². The maximum absolute atomic E-state index is 12.6. The monoisotopic (exact) mass is 316 g/mol. The molecule has 3 heterocycles. The molecule has 10 heteroatoms. The molecule has 2 aromatic rings. The van der Waals surface area contributed by atoms with Crippen LogP contribution < -0.4 is 11.5 Å². The Labute approximate surface area is 130 Å². The summed E-state index contributed by atoms with van der Waals surface area (Å²) in [7, 11) is 0. The molecular weight excluding hydrogens is 300 g/mol. The first-order valence-corrected chi connectivity index (χ1v) is 6.96. The van der Waals surface area contributed by atoms with Crippen molar-refractivity contribution in [2.75, 3.05) is 13.1 Å². The number of amides is 1. The van der Waals surface area contributed by atoms with Crippen LogP contribution in [0.4, 0.5) is 0 Å². The Morgan fingerprint density at radius 3 is 2.91 bits per heavy atom. The Morgan fingerprint density at radius 1 is 1.52 bits per heavy atom. The van der Waals surface area contributed by atoms with Gasteiger partial charge in [-0.3, -0.25) is 15.2 Å². The SMILES string of the molecule is N=C(N)/C(=N\O)c1nc2c(C(=O)N3CCC(N)C3)cncc2[nH]1. The minimum absolute atomic E-state index is 0.0216. The van der Waals surface area contributed by atoms with Gasteiger partial charge in [0, 0.05) is 25.3 Å². The number of nitrogens with one attached hydrogen (secondary N) is 2. The number of H-pyrrole nitrogens is 1. The molecule has 1 unspecified atom stereocenters. The number of rotatable bonds is 3. The summed E-state index contributed by atoms with van der Waals surface area (Å²) in [6.45, 7) is 1.08. The molecular formula is C13H16N8O2. The highest BCUT2D eigenvalue weighted by Crippen LogP contribution is 2.19. The highest BCUT2D eigenvalue weighted by Gasteiger charge is 2.27. The molecule has 0 bridgehead atoms. The second-order valence-corrected chi connectivity index (χ2v) is 5.33. The number of aromatic nitrogens is 3. The van der Waals surface area contributed by atoms with Crippen molar-refractivity contribution in [2.24, 2.45) is 16.6 Å². The van der Waals surface area contributed by atoms with Crippen LogP contribution in [0.2, 0.25) is 0 Å². The van der Waals surface area contributed by atoms with Crippen LogP contribution in [0.25, 0.3) is 11.0 Å². The summed E-state index contributed by atoms with van der Waals surface area (Å²) in [5.41, 5.74) is 12.2. The zero-order valence-corrected chi connectivity index (χ0v) is 12.2. The quantitative estimate of drug-likeness (QED) is 0.216. The minimum atomic E-state index is -0.446. The molecule has 1 aliphatic rings. The van der Waals surface area contributed by atoms with Crippen LogP contribution in [0.15, 0.2) is 17.5 Å². The van der Waals surface area contributed by atoms with Crippen LogP contribution in [-0.4, -0.2) is 61.6 Å². The molecule has 23 heavy (non-hydrogen) atoms. The number of aromatic amines is 1. The van der Waals surface area contributed by atoms with Gasteiger partial charge < -0.3 is 26.6 Å². The van der Waals surface area contributed by atoms with E-state index in [1.807, 2.05) is 0 Å². The lowest BCUT2D eigenvalue weighted by molar-refractivity contribution is 0.0792. The summed E-state index contributed by atoms with van der Waals surface area (Å²) in [4.78, 5) is 25.4. The number of imidazole rings is 1. The molecule has 1 atom stereocenters. The Kier molecular flexibility index (Phi) is 3.66. The van der Waals surface area contributed by atoms with E-state index < -0.39 is 5.84 Å². The molecule has 1 saturated heterocycles. The van der Waals surface area contributed by atoms with E-state index in [1.54, 1.807) is 4.90 Å². The molecule has 120 valence electrons. The molecule has 7 N–H and O–H groups in total. The molecule has 0 spiro atoms. The first-order chi connectivity index (χ1) is 11.0. The van der Waals surface area contributed by atoms with Crippen molar-refractivity contribution < 1.29 is 10.0 Å². The van der Waals surface area contributed by atoms with E-state index in [2.05, 4.69) is 20.1 Å². The summed E-state index contributed by atoms with van der Waals surface area (Å²) in [6, 6.07) is -0.0216. The molecule has 1 amide bonds. The minimum Gasteiger partial charge on any atom is -0.410 e. The maximum atomic E-state index is 12.6. The van der Waals surface area contributed by atoms with Gasteiger partial charge in [0.25, 0.3) is 5.91 Å². The fourth-order valence-corrected chi connectivity index (χ4v) is 2.57. The molecule has 0 saturated carbocycles. The zero-order valence-electron chi connectivity index (χ0n) is 12.2. The van der Waals surface area contributed by atoms with E-state index in [0.717, 1.165) is 6.42 Å². The van der Waals surface area contributed by atoms with Gasteiger partial charge in [0.2, 0.25) is 0 Å². The molecule has 10 nitrogen and oxygen atoms in total. The van der Waals surface area contributed by atoms with Gasteiger partial charge in [0.05, 0.1) is 17.3 Å². The van der Waals surface area contributed by atoms with E-state index in [1.165, 1.54) is 12.4 Å². The molecule has 1 fully saturated rings. The molecule has 2 aromatic heterocycles. The van der Waals surface area contributed by atoms with Gasteiger partial charge in [0.1, 0.15) is 11.4 Å². The first-order valence-electron chi connectivity index (χ1n) is 6.96. The molecule has 0 radical (unpaired) electrons. The normalized spacial score (nSPS) is 18.6. The van der Waals surface area contributed by atoms with Gasteiger partial charge in [-0.15, -0.1) is 0 Å². The third kappa shape index (κ3) is 2.59. The van der Waals surface area contributed by atoms with E-state index in [4.69, 9.17) is 22.1 Å². The van der Waals surface area contributed by atoms with Gasteiger partial charge in [-0.25, -0.2) is 4.98 Å². The zero-order chi connectivity index (χ0) is 16.6. The molecule has 0 aliphatic carbocycles. The number of amidine groups is 1. The lowest BCUT2D eigenvalue weighted by atomic mass is 10.2. The number of oxime groups is 1. The highest BCUT2D eigenvalue weighted by atomic mass is 16.4. The fraction of sp³-hybridized carbons (Fsp3) is 0.308. The maximum Gasteiger partial charge on any atom is 0.257 e. The average molecular weight is 316 g/mol. The Bertz CT molecular complexity index is 811. The summed E-state index contributed by atoms with van der Waals surface area (Å²) >= 11 is 0.